The third-order valence-electron chi connectivity index (χ3n) is 3.48. The fourth-order valence-electron chi connectivity index (χ4n) is 2.52. The van der Waals surface area contributed by atoms with Crippen LogP contribution in [-0.4, -0.2) is 11.5 Å². The van der Waals surface area contributed by atoms with Gasteiger partial charge in [-0.15, -0.1) is 11.3 Å². The van der Waals surface area contributed by atoms with E-state index in [-0.39, 0.29) is 5.92 Å². The molecule has 0 aliphatic heterocycles. The number of nitrogens with one attached hydrogen (secondary N) is 1. The second kappa shape index (κ2) is 4.59. The minimum absolute atomic E-state index is 0.275. The van der Waals surface area contributed by atoms with Gasteiger partial charge < -0.3 is 10.7 Å². The summed E-state index contributed by atoms with van der Waals surface area (Å²) in [6, 6.07) is 12.7. The summed E-state index contributed by atoms with van der Waals surface area (Å²) in [5.74, 6) is 0.275. The molecule has 3 aromatic rings. The number of hydrogen-bond acceptors (Lipinski definition) is 2. The number of H-pyrrole nitrogens is 1. The molecule has 18 heavy (non-hydrogen) atoms. The first-order chi connectivity index (χ1) is 8.81. The van der Waals surface area contributed by atoms with Crippen LogP contribution in [0.2, 0.25) is 0 Å². The third-order valence-corrected chi connectivity index (χ3v) is 4.46. The number of hydrogen-bond donors (Lipinski definition) is 2. The molecular weight excluding hydrogens is 240 g/mol. The minimum Gasteiger partial charge on any atom is -0.358 e. The molecule has 0 amide bonds. The van der Waals surface area contributed by atoms with Gasteiger partial charge in [0.05, 0.1) is 0 Å². The van der Waals surface area contributed by atoms with Crippen molar-refractivity contribution in [2.24, 2.45) is 5.73 Å². The molecule has 3 N–H and O–H groups in total. The number of para-hydroxylation sites is 1. The normalized spacial score (nSPS) is 13.0. The van der Waals surface area contributed by atoms with Gasteiger partial charge in [0.1, 0.15) is 0 Å². The Hall–Kier alpha value is -1.58. The summed E-state index contributed by atoms with van der Waals surface area (Å²) in [5, 5.41) is 3.40. The molecule has 3 rings (SSSR count). The van der Waals surface area contributed by atoms with Crippen molar-refractivity contribution in [2.75, 3.05) is 6.54 Å². The Bertz CT molecular complexity index is 652. The Balaban J connectivity index is 2.16. The number of benzene rings is 1. The van der Waals surface area contributed by atoms with Crippen LogP contribution in [0.1, 0.15) is 22.1 Å². The van der Waals surface area contributed by atoms with E-state index in [0.717, 1.165) is 0 Å². The van der Waals surface area contributed by atoms with Crippen molar-refractivity contribution >= 4 is 22.2 Å². The molecule has 0 fully saturated rings. The lowest BCUT2D eigenvalue weighted by Gasteiger charge is -2.12. The van der Waals surface area contributed by atoms with Gasteiger partial charge in [0.25, 0.3) is 0 Å². The molecule has 2 heterocycles. The van der Waals surface area contributed by atoms with Crippen molar-refractivity contribution in [1.82, 2.24) is 4.98 Å². The molecule has 1 atom stereocenters. The molecule has 0 saturated heterocycles. The van der Waals surface area contributed by atoms with E-state index in [4.69, 9.17) is 5.73 Å². The average molecular weight is 256 g/mol. The number of fused-ring (bicyclic) bond motifs is 1. The first-order valence-electron chi connectivity index (χ1n) is 6.12. The average Bonchev–Trinajstić information content (AvgIpc) is 3.01. The van der Waals surface area contributed by atoms with Crippen molar-refractivity contribution in [3.8, 4) is 0 Å². The lowest BCUT2D eigenvalue weighted by atomic mass is 9.99. The van der Waals surface area contributed by atoms with Gasteiger partial charge in [0.15, 0.2) is 0 Å². The van der Waals surface area contributed by atoms with Crippen molar-refractivity contribution in [1.29, 1.82) is 0 Å². The highest BCUT2D eigenvalue weighted by Crippen LogP contribution is 2.32. The van der Waals surface area contributed by atoms with E-state index in [2.05, 4.69) is 53.7 Å². The summed E-state index contributed by atoms with van der Waals surface area (Å²) in [5.41, 5.74) is 9.73. The summed E-state index contributed by atoms with van der Waals surface area (Å²) < 4.78 is 0. The van der Waals surface area contributed by atoms with Crippen LogP contribution >= 0.6 is 11.3 Å². The van der Waals surface area contributed by atoms with Crippen molar-refractivity contribution in [2.45, 2.75) is 12.8 Å². The fraction of sp³-hybridized carbons (Fsp3) is 0.200. The number of aromatic nitrogens is 1. The summed E-state index contributed by atoms with van der Waals surface area (Å²) in [7, 11) is 0. The summed E-state index contributed by atoms with van der Waals surface area (Å²) in [6.07, 6.45) is 0. The number of rotatable bonds is 3. The largest absolute Gasteiger partial charge is 0.358 e. The van der Waals surface area contributed by atoms with Crippen molar-refractivity contribution in [3.63, 3.8) is 0 Å². The number of aromatic amines is 1. The van der Waals surface area contributed by atoms with Gasteiger partial charge in [-0.05, 0) is 30.0 Å². The first-order valence-corrected chi connectivity index (χ1v) is 7.00. The van der Waals surface area contributed by atoms with E-state index < -0.39 is 0 Å². The van der Waals surface area contributed by atoms with Crippen molar-refractivity contribution in [3.05, 3.63) is 57.9 Å². The summed E-state index contributed by atoms with van der Waals surface area (Å²) in [4.78, 5) is 4.86. The lowest BCUT2D eigenvalue weighted by Crippen LogP contribution is -2.13. The van der Waals surface area contributed by atoms with E-state index in [1.54, 1.807) is 11.3 Å². The predicted octanol–water partition coefficient (Wildman–Crippen LogP) is 3.63. The van der Waals surface area contributed by atoms with Gasteiger partial charge in [0, 0.05) is 33.9 Å². The fourth-order valence-corrected chi connectivity index (χ4v) is 3.37. The van der Waals surface area contributed by atoms with Crippen LogP contribution in [0, 0.1) is 6.92 Å². The third kappa shape index (κ3) is 1.76. The molecule has 0 aliphatic carbocycles. The standard InChI is InChI=1S/C15H16N2S/c1-10-11-5-2-3-6-13(11)17-15(10)12(9-16)14-7-4-8-18-14/h2-8,12,17H,9,16H2,1H3. The van der Waals surface area contributed by atoms with Gasteiger partial charge >= 0.3 is 0 Å². The molecule has 0 radical (unpaired) electrons. The SMILES string of the molecule is Cc1c(C(CN)c2cccs2)[nH]c2ccccc12. The zero-order chi connectivity index (χ0) is 12.5. The quantitative estimate of drug-likeness (QED) is 0.738. The topological polar surface area (TPSA) is 41.8 Å². The Morgan fingerprint density at radius 3 is 2.72 bits per heavy atom. The van der Waals surface area contributed by atoms with Gasteiger partial charge in [-0.25, -0.2) is 0 Å². The van der Waals surface area contributed by atoms with Crippen molar-refractivity contribution < 1.29 is 0 Å². The lowest BCUT2D eigenvalue weighted by molar-refractivity contribution is 0.806. The van der Waals surface area contributed by atoms with Crippen LogP contribution in [0.5, 0.6) is 0 Å². The Morgan fingerprint density at radius 2 is 2.06 bits per heavy atom. The van der Waals surface area contributed by atoms with E-state index >= 15 is 0 Å². The Morgan fingerprint density at radius 1 is 1.22 bits per heavy atom. The number of thiophene rings is 1. The highest BCUT2D eigenvalue weighted by molar-refractivity contribution is 7.10. The molecule has 0 aliphatic rings. The molecule has 0 saturated carbocycles. The molecular formula is C15H16N2S. The minimum atomic E-state index is 0.275. The summed E-state index contributed by atoms with van der Waals surface area (Å²) in [6.45, 7) is 2.80. The molecule has 2 nitrogen and oxygen atoms in total. The van der Waals surface area contributed by atoms with Crippen LogP contribution in [0.3, 0.4) is 0 Å². The van der Waals surface area contributed by atoms with Gasteiger partial charge in [-0.2, -0.15) is 0 Å². The molecule has 2 aromatic heterocycles. The Kier molecular flexibility index (Phi) is 2.94. The Labute approximate surface area is 110 Å². The monoisotopic (exact) mass is 256 g/mol. The number of nitrogens with two attached hydrogens (primary N) is 1. The van der Waals surface area contributed by atoms with Crippen LogP contribution in [0.4, 0.5) is 0 Å². The van der Waals surface area contributed by atoms with Crippen LogP contribution in [0.15, 0.2) is 41.8 Å². The van der Waals surface area contributed by atoms with Gasteiger partial charge in [-0.1, -0.05) is 24.3 Å². The maximum Gasteiger partial charge on any atom is 0.0460 e. The second-order valence-corrected chi connectivity index (χ2v) is 5.49. The second-order valence-electron chi connectivity index (χ2n) is 4.51. The zero-order valence-corrected chi connectivity index (χ0v) is 11.1. The highest BCUT2D eigenvalue weighted by Gasteiger charge is 2.18. The molecule has 92 valence electrons. The van der Waals surface area contributed by atoms with E-state index in [1.807, 2.05) is 0 Å². The molecule has 0 spiro atoms. The smallest absolute Gasteiger partial charge is 0.0460 e. The summed E-state index contributed by atoms with van der Waals surface area (Å²) >= 11 is 1.77. The zero-order valence-electron chi connectivity index (χ0n) is 10.3. The van der Waals surface area contributed by atoms with Crippen LogP contribution < -0.4 is 5.73 Å². The van der Waals surface area contributed by atoms with Crippen LogP contribution in [0.25, 0.3) is 10.9 Å². The first kappa shape index (κ1) is 11.5. The maximum atomic E-state index is 5.97. The molecule has 3 heteroatoms. The van der Waals surface area contributed by atoms with E-state index in [1.165, 1.54) is 27.0 Å². The number of aryl methyl sites for hydroxylation is 1. The molecule has 1 aromatic carbocycles. The van der Waals surface area contributed by atoms with Gasteiger partial charge in [0.2, 0.25) is 0 Å². The van der Waals surface area contributed by atoms with E-state index in [0.29, 0.717) is 6.54 Å². The highest BCUT2D eigenvalue weighted by atomic mass is 32.1. The molecule has 1 unspecified atom stereocenters. The van der Waals surface area contributed by atoms with E-state index in [9.17, 15) is 0 Å². The molecule has 0 bridgehead atoms. The van der Waals surface area contributed by atoms with Gasteiger partial charge in [-0.3, -0.25) is 0 Å². The maximum absolute atomic E-state index is 5.97. The van der Waals surface area contributed by atoms with Crippen LogP contribution in [-0.2, 0) is 0 Å². The predicted molar refractivity (Wildman–Crippen MR) is 78.3 cm³/mol.